The molecule has 2 aliphatic rings. The van der Waals surface area contributed by atoms with Gasteiger partial charge in [0.2, 0.25) is 5.43 Å². The first-order valence-electron chi connectivity index (χ1n) is 9.86. The van der Waals surface area contributed by atoms with Gasteiger partial charge in [0.05, 0.1) is 16.1 Å². The van der Waals surface area contributed by atoms with Crippen molar-refractivity contribution in [2.24, 2.45) is 5.92 Å². The van der Waals surface area contributed by atoms with Crippen LogP contribution in [0.5, 0.6) is 0 Å². The highest BCUT2D eigenvalue weighted by atomic mass is 35.5. The number of pyridine rings is 1. The zero-order valence-electron chi connectivity index (χ0n) is 16.8. The second-order valence-corrected chi connectivity index (χ2v) is 9.23. The van der Waals surface area contributed by atoms with Crippen LogP contribution in [0.4, 0.5) is 10.1 Å². The number of alkyl halides is 1. The standard InChI is InChI=1S/C21H25ClFN3O3/c1-11(25(2)3)12-4-7-26(10-12)18-15(23)8-13-17(16(18)21(22)5-6-21)24-9-14(19(13)27)20(28)29/h8-9,11-12H,4-7,10H2,1-3H3,(H,24,27)(H,28,29). The Balaban J connectivity index is 1.87. The lowest BCUT2D eigenvalue weighted by atomic mass is 9.99. The smallest absolute Gasteiger partial charge is 0.341 e. The molecule has 2 fully saturated rings. The van der Waals surface area contributed by atoms with Crippen LogP contribution in [0.3, 0.4) is 0 Å². The minimum atomic E-state index is -1.34. The molecule has 4 rings (SSSR count). The molecule has 2 unspecified atom stereocenters. The van der Waals surface area contributed by atoms with Crippen LogP contribution in [0.15, 0.2) is 17.1 Å². The van der Waals surface area contributed by atoms with Gasteiger partial charge in [0.15, 0.2) is 0 Å². The molecule has 1 aromatic heterocycles. The van der Waals surface area contributed by atoms with Gasteiger partial charge in [-0.05, 0) is 52.3 Å². The van der Waals surface area contributed by atoms with Gasteiger partial charge in [-0.2, -0.15) is 0 Å². The third-order valence-corrected chi connectivity index (χ3v) is 7.08. The Hall–Kier alpha value is -2.12. The first kappa shape index (κ1) is 20.2. The normalized spacial score (nSPS) is 21.7. The Kier molecular flexibility index (Phi) is 4.86. The summed E-state index contributed by atoms with van der Waals surface area (Å²) in [7, 11) is 4.08. The van der Waals surface area contributed by atoms with Crippen LogP contribution in [0.2, 0.25) is 0 Å². The fraction of sp³-hybridized carbons (Fsp3) is 0.524. The van der Waals surface area contributed by atoms with Crippen molar-refractivity contribution < 1.29 is 14.3 Å². The summed E-state index contributed by atoms with van der Waals surface area (Å²) >= 11 is 6.77. The molecule has 0 bridgehead atoms. The van der Waals surface area contributed by atoms with Crippen LogP contribution in [0.1, 0.15) is 42.1 Å². The minimum Gasteiger partial charge on any atom is -0.477 e. The second-order valence-electron chi connectivity index (χ2n) is 8.51. The van der Waals surface area contributed by atoms with Crippen molar-refractivity contribution in [3.8, 4) is 0 Å². The molecule has 1 aliphatic heterocycles. The van der Waals surface area contributed by atoms with E-state index in [4.69, 9.17) is 11.6 Å². The average molecular weight is 422 g/mol. The van der Waals surface area contributed by atoms with Crippen LogP contribution in [0.25, 0.3) is 10.9 Å². The van der Waals surface area contributed by atoms with Gasteiger partial charge in [0.1, 0.15) is 11.4 Å². The van der Waals surface area contributed by atoms with E-state index in [1.54, 1.807) is 0 Å². The molecule has 0 radical (unpaired) electrons. The number of carboxylic acid groups (broad SMARTS) is 1. The molecule has 1 aliphatic carbocycles. The van der Waals surface area contributed by atoms with Crippen LogP contribution < -0.4 is 10.3 Å². The molecule has 1 saturated heterocycles. The topological polar surface area (TPSA) is 76.6 Å². The summed E-state index contributed by atoms with van der Waals surface area (Å²) in [5.41, 5.74) is 0.363. The number of H-pyrrole nitrogens is 1. The zero-order chi connectivity index (χ0) is 21.1. The molecule has 2 N–H and O–H groups in total. The largest absolute Gasteiger partial charge is 0.477 e. The maximum atomic E-state index is 15.4. The number of nitrogens with zero attached hydrogens (tertiary/aromatic N) is 2. The second kappa shape index (κ2) is 6.99. The predicted octanol–water partition coefficient (Wildman–Crippen LogP) is 3.37. The van der Waals surface area contributed by atoms with E-state index in [9.17, 15) is 14.7 Å². The van der Waals surface area contributed by atoms with Crippen molar-refractivity contribution in [3.05, 3.63) is 39.4 Å². The Bertz CT molecular complexity index is 1050. The summed E-state index contributed by atoms with van der Waals surface area (Å²) in [6.07, 6.45) is 3.50. The third kappa shape index (κ3) is 3.30. The van der Waals surface area contributed by atoms with Gasteiger partial charge in [0.25, 0.3) is 0 Å². The van der Waals surface area contributed by atoms with Gasteiger partial charge >= 0.3 is 5.97 Å². The van der Waals surface area contributed by atoms with E-state index in [0.717, 1.165) is 12.5 Å². The van der Waals surface area contributed by atoms with E-state index in [0.29, 0.717) is 54.7 Å². The van der Waals surface area contributed by atoms with Crippen molar-refractivity contribution >= 4 is 34.2 Å². The van der Waals surface area contributed by atoms with Crippen molar-refractivity contribution in [2.45, 2.75) is 37.1 Å². The van der Waals surface area contributed by atoms with E-state index in [-0.39, 0.29) is 5.39 Å². The molecule has 2 heterocycles. The summed E-state index contributed by atoms with van der Waals surface area (Å²) in [5, 5.41) is 9.27. The van der Waals surface area contributed by atoms with E-state index in [1.165, 1.54) is 6.20 Å². The van der Waals surface area contributed by atoms with E-state index in [1.807, 2.05) is 19.0 Å². The van der Waals surface area contributed by atoms with Crippen LogP contribution in [-0.4, -0.2) is 54.2 Å². The molecule has 29 heavy (non-hydrogen) atoms. The fourth-order valence-electron chi connectivity index (χ4n) is 4.39. The molecule has 1 saturated carbocycles. The summed E-state index contributed by atoms with van der Waals surface area (Å²) in [4.78, 5) is 30.4. The Morgan fingerprint density at radius 2 is 2.14 bits per heavy atom. The lowest BCUT2D eigenvalue weighted by molar-refractivity contribution is 0.0695. The lowest BCUT2D eigenvalue weighted by Crippen LogP contribution is -2.34. The third-order valence-electron chi connectivity index (χ3n) is 6.51. The van der Waals surface area contributed by atoms with Gasteiger partial charge in [-0.15, -0.1) is 11.6 Å². The zero-order valence-corrected chi connectivity index (χ0v) is 17.5. The number of halogens is 2. The van der Waals surface area contributed by atoms with Crippen molar-refractivity contribution in [3.63, 3.8) is 0 Å². The predicted molar refractivity (Wildman–Crippen MR) is 112 cm³/mol. The number of carbonyl (C=O) groups is 1. The first-order chi connectivity index (χ1) is 13.6. The molecule has 0 amide bonds. The SMILES string of the molecule is CC(C1CCN(c2c(F)cc3c(=O)c(C(=O)O)c[nH]c3c2C2(Cl)CC2)C1)N(C)C. The quantitative estimate of drug-likeness (QED) is 0.724. The number of aromatic amines is 1. The van der Waals surface area contributed by atoms with Crippen molar-refractivity contribution in [2.75, 3.05) is 32.1 Å². The van der Waals surface area contributed by atoms with Crippen LogP contribution in [-0.2, 0) is 4.87 Å². The maximum absolute atomic E-state index is 15.4. The maximum Gasteiger partial charge on any atom is 0.341 e. The highest BCUT2D eigenvalue weighted by Gasteiger charge is 2.47. The van der Waals surface area contributed by atoms with Gasteiger partial charge in [-0.1, -0.05) is 0 Å². The van der Waals surface area contributed by atoms with Crippen LogP contribution >= 0.6 is 11.6 Å². The lowest BCUT2D eigenvalue weighted by Gasteiger charge is -2.29. The molecule has 156 valence electrons. The number of nitrogens with one attached hydrogen (secondary N) is 1. The van der Waals surface area contributed by atoms with Gasteiger partial charge in [-0.3, -0.25) is 4.79 Å². The number of aromatic carboxylic acids is 1. The molecular weight excluding hydrogens is 397 g/mol. The first-order valence-corrected chi connectivity index (χ1v) is 10.2. The molecule has 0 spiro atoms. The molecule has 6 nitrogen and oxygen atoms in total. The average Bonchev–Trinajstić information content (AvgIpc) is 3.22. The highest BCUT2D eigenvalue weighted by Crippen LogP contribution is 2.57. The molecule has 1 aromatic carbocycles. The Morgan fingerprint density at radius 3 is 2.72 bits per heavy atom. The van der Waals surface area contributed by atoms with Crippen molar-refractivity contribution in [1.82, 2.24) is 9.88 Å². The van der Waals surface area contributed by atoms with Gasteiger partial charge in [0, 0.05) is 36.3 Å². The molecule has 2 atom stereocenters. The summed E-state index contributed by atoms with van der Waals surface area (Å²) < 4.78 is 15.4. The van der Waals surface area contributed by atoms with Crippen molar-refractivity contribution in [1.29, 1.82) is 0 Å². The Morgan fingerprint density at radius 1 is 1.45 bits per heavy atom. The minimum absolute atomic E-state index is 0.0329. The van der Waals surface area contributed by atoms with E-state index >= 15 is 4.39 Å². The van der Waals surface area contributed by atoms with Crippen LogP contribution in [0, 0.1) is 11.7 Å². The molecule has 8 heteroatoms. The molecule has 2 aromatic rings. The summed E-state index contributed by atoms with van der Waals surface area (Å²) in [6, 6.07) is 1.51. The van der Waals surface area contributed by atoms with E-state index < -0.39 is 27.7 Å². The summed E-state index contributed by atoms with van der Waals surface area (Å²) in [6.45, 7) is 3.59. The number of carboxylic acids is 1. The monoisotopic (exact) mass is 421 g/mol. The number of anilines is 1. The number of rotatable bonds is 5. The fourth-order valence-corrected chi connectivity index (χ4v) is 4.67. The van der Waals surface area contributed by atoms with Gasteiger partial charge < -0.3 is 19.9 Å². The summed E-state index contributed by atoms with van der Waals surface area (Å²) in [5.74, 6) is -1.47. The number of fused-ring (bicyclic) bond motifs is 1. The number of hydrogen-bond acceptors (Lipinski definition) is 4. The molecular formula is C21H25ClFN3O3. The van der Waals surface area contributed by atoms with E-state index in [2.05, 4.69) is 16.8 Å². The Labute approximate surface area is 173 Å². The number of hydrogen-bond donors (Lipinski definition) is 2. The van der Waals surface area contributed by atoms with Gasteiger partial charge in [-0.25, -0.2) is 9.18 Å². The highest BCUT2D eigenvalue weighted by molar-refractivity contribution is 6.27. The number of aromatic nitrogens is 1. The number of benzene rings is 1.